The van der Waals surface area contributed by atoms with Gasteiger partial charge >= 0.3 is 12.0 Å². The summed E-state index contributed by atoms with van der Waals surface area (Å²) in [5.74, 6) is 0.689. The molecule has 0 aliphatic carbocycles. The van der Waals surface area contributed by atoms with E-state index in [1.54, 1.807) is 16.7 Å². The molecule has 0 aromatic carbocycles. The van der Waals surface area contributed by atoms with Crippen LogP contribution in [-0.2, 0) is 4.79 Å². The Kier molecular flexibility index (Phi) is 5.78. The fourth-order valence-electron chi connectivity index (χ4n) is 1.96. The maximum Gasteiger partial charge on any atom is 0.320 e. The molecule has 1 N–H and O–H groups in total. The number of hydrogen-bond donors (Lipinski definition) is 1. The standard InChI is InChI=1S/C12H22N2O3S/c1-4-14(7-9(2)11(15)16)12(17)13(3)10-5-6-18-8-10/h9-10H,4-8H2,1-3H3,(H,15,16). The molecule has 6 heteroatoms. The number of amides is 2. The summed E-state index contributed by atoms with van der Waals surface area (Å²) in [6.45, 7) is 4.32. The van der Waals surface area contributed by atoms with Crippen LogP contribution in [0.15, 0.2) is 0 Å². The minimum absolute atomic E-state index is 0.0573. The summed E-state index contributed by atoms with van der Waals surface area (Å²) in [6, 6.07) is 0.231. The van der Waals surface area contributed by atoms with Crippen LogP contribution in [0.25, 0.3) is 0 Å². The summed E-state index contributed by atoms with van der Waals surface area (Å²) in [4.78, 5) is 26.5. The van der Waals surface area contributed by atoms with Gasteiger partial charge in [0.05, 0.1) is 5.92 Å². The van der Waals surface area contributed by atoms with Gasteiger partial charge in [0.15, 0.2) is 0 Å². The fraction of sp³-hybridized carbons (Fsp3) is 0.833. The van der Waals surface area contributed by atoms with Crippen molar-refractivity contribution in [2.45, 2.75) is 26.3 Å². The number of urea groups is 1. The molecule has 2 atom stereocenters. The molecule has 0 bridgehead atoms. The molecule has 2 unspecified atom stereocenters. The van der Waals surface area contributed by atoms with Crippen LogP contribution in [0.4, 0.5) is 4.79 Å². The number of carboxylic acid groups (broad SMARTS) is 1. The van der Waals surface area contributed by atoms with Gasteiger partial charge in [-0.1, -0.05) is 6.92 Å². The maximum absolute atomic E-state index is 12.3. The molecule has 1 aliphatic heterocycles. The molecule has 0 aromatic rings. The molecule has 104 valence electrons. The number of thioether (sulfide) groups is 1. The molecule has 5 nitrogen and oxygen atoms in total. The van der Waals surface area contributed by atoms with Gasteiger partial charge in [0.1, 0.15) is 0 Å². The van der Waals surface area contributed by atoms with E-state index in [-0.39, 0.29) is 18.6 Å². The summed E-state index contributed by atoms with van der Waals surface area (Å²) >= 11 is 1.86. The van der Waals surface area contributed by atoms with Crippen molar-refractivity contribution in [2.24, 2.45) is 5.92 Å². The molecular weight excluding hydrogens is 252 g/mol. The number of carboxylic acids is 1. The Balaban J connectivity index is 2.57. The third-order valence-electron chi connectivity index (χ3n) is 3.32. The quantitative estimate of drug-likeness (QED) is 0.827. The Labute approximate surface area is 113 Å². The van der Waals surface area contributed by atoms with Crippen molar-refractivity contribution in [1.82, 2.24) is 9.80 Å². The van der Waals surface area contributed by atoms with Gasteiger partial charge < -0.3 is 14.9 Å². The zero-order valence-electron chi connectivity index (χ0n) is 11.3. The highest BCUT2D eigenvalue weighted by atomic mass is 32.2. The first-order chi connectivity index (χ1) is 8.47. The second kappa shape index (κ2) is 6.87. The second-order valence-electron chi connectivity index (χ2n) is 4.69. The lowest BCUT2D eigenvalue weighted by atomic mass is 10.1. The van der Waals surface area contributed by atoms with Gasteiger partial charge in [-0.3, -0.25) is 4.79 Å². The Morgan fingerprint density at radius 2 is 2.17 bits per heavy atom. The normalized spacial score (nSPS) is 20.5. The molecule has 0 aromatic heterocycles. The Hall–Kier alpha value is -0.910. The number of carbonyl (C=O) groups is 2. The van der Waals surface area contributed by atoms with E-state index >= 15 is 0 Å². The lowest BCUT2D eigenvalue weighted by molar-refractivity contribution is -0.141. The van der Waals surface area contributed by atoms with Gasteiger partial charge in [0.2, 0.25) is 0 Å². The first-order valence-electron chi connectivity index (χ1n) is 6.29. The smallest absolute Gasteiger partial charge is 0.320 e. The number of rotatable bonds is 5. The van der Waals surface area contributed by atoms with Crippen molar-refractivity contribution in [1.29, 1.82) is 0 Å². The maximum atomic E-state index is 12.3. The Bertz CT molecular complexity index is 306. The topological polar surface area (TPSA) is 60.9 Å². The van der Waals surface area contributed by atoms with E-state index in [0.29, 0.717) is 6.54 Å². The van der Waals surface area contributed by atoms with E-state index in [0.717, 1.165) is 17.9 Å². The monoisotopic (exact) mass is 274 g/mol. The second-order valence-corrected chi connectivity index (χ2v) is 5.84. The summed E-state index contributed by atoms with van der Waals surface area (Å²) in [5.41, 5.74) is 0. The molecule has 1 aliphatic rings. The molecule has 1 saturated heterocycles. The van der Waals surface area contributed by atoms with Crippen LogP contribution >= 0.6 is 11.8 Å². The predicted molar refractivity (Wildman–Crippen MR) is 72.9 cm³/mol. The van der Waals surface area contributed by atoms with Crippen LogP contribution in [0.5, 0.6) is 0 Å². The van der Waals surface area contributed by atoms with E-state index in [2.05, 4.69) is 0 Å². The molecule has 0 saturated carbocycles. The lowest BCUT2D eigenvalue weighted by Crippen LogP contribution is -2.48. The van der Waals surface area contributed by atoms with Gasteiger partial charge in [-0.05, 0) is 19.1 Å². The fourth-order valence-corrected chi connectivity index (χ4v) is 3.23. The highest BCUT2D eigenvalue weighted by Gasteiger charge is 2.28. The largest absolute Gasteiger partial charge is 0.481 e. The number of hydrogen-bond acceptors (Lipinski definition) is 3. The average Bonchev–Trinajstić information content (AvgIpc) is 2.87. The van der Waals surface area contributed by atoms with Gasteiger partial charge in [-0.15, -0.1) is 0 Å². The zero-order chi connectivity index (χ0) is 13.7. The molecule has 1 rings (SSSR count). The van der Waals surface area contributed by atoms with Gasteiger partial charge in [0.25, 0.3) is 0 Å². The molecule has 18 heavy (non-hydrogen) atoms. The molecule has 2 amide bonds. The predicted octanol–water partition coefficient (Wildman–Crippen LogP) is 1.59. The van der Waals surface area contributed by atoms with Crippen molar-refractivity contribution >= 4 is 23.8 Å². The van der Waals surface area contributed by atoms with Crippen molar-refractivity contribution in [3.05, 3.63) is 0 Å². The van der Waals surface area contributed by atoms with E-state index < -0.39 is 11.9 Å². The van der Waals surface area contributed by atoms with E-state index in [1.165, 1.54) is 0 Å². The first kappa shape index (κ1) is 15.1. The molecule has 1 fully saturated rings. The van der Waals surface area contributed by atoms with Crippen LogP contribution in [0.2, 0.25) is 0 Å². The highest BCUT2D eigenvalue weighted by Crippen LogP contribution is 2.22. The summed E-state index contributed by atoms with van der Waals surface area (Å²) in [6.07, 6.45) is 1.03. The van der Waals surface area contributed by atoms with Crippen molar-refractivity contribution in [3.63, 3.8) is 0 Å². The summed E-state index contributed by atoms with van der Waals surface area (Å²) in [7, 11) is 1.81. The molecular formula is C12H22N2O3S. The van der Waals surface area contributed by atoms with Crippen LogP contribution in [0.1, 0.15) is 20.3 Å². The summed E-state index contributed by atoms with van der Waals surface area (Å²) in [5, 5.41) is 8.90. The molecule has 0 radical (unpaired) electrons. The van der Waals surface area contributed by atoms with Crippen molar-refractivity contribution in [3.8, 4) is 0 Å². The Morgan fingerprint density at radius 3 is 2.61 bits per heavy atom. The van der Waals surface area contributed by atoms with Crippen LogP contribution in [0.3, 0.4) is 0 Å². The zero-order valence-corrected chi connectivity index (χ0v) is 12.1. The van der Waals surface area contributed by atoms with Crippen molar-refractivity contribution in [2.75, 3.05) is 31.6 Å². The van der Waals surface area contributed by atoms with E-state index in [1.807, 2.05) is 25.7 Å². The SMILES string of the molecule is CCN(CC(C)C(=O)O)C(=O)N(C)C1CCSC1. The molecule has 1 heterocycles. The van der Waals surface area contributed by atoms with E-state index in [9.17, 15) is 9.59 Å². The third-order valence-corrected chi connectivity index (χ3v) is 4.47. The number of carbonyl (C=O) groups excluding carboxylic acids is 1. The summed E-state index contributed by atoms with van der Waals surface area (Å²) < 4.78 is 0. The minimum Gasteiger partial charge on any atom is -0.481 e. The number of nitrogens with zero attached hydrogens (tertiary/aromatic N) is 2. The van der Waals surface area contributed by atoms with Gasteiger partial charge in [-0.25, -0.2) is 4.79 Å². The first-order valence-corrected chi connectivity index (χ1v) is 7.45. The Morgan fingerprint density at radius 1 is 1.50 bits per heavy atom. The van der Waals surface area contributed by atoms with Crippen LogP contribution in [0, 0.1) is 5.92 Å². The third kappa shape index (κ3) is 3.80. The molecule has 0 spiro atoms. The van der Waals surface area contributed by atoms with Gasteiger partial charge in [0, 0.05) is 31.9 Å². The van der Waals surface area contributed by atoms with E-state index in [4.69, 9.17) is 5.11 Å². The average molecular weight is 274 g/mol. The van der Waals surface area contributed by atoms with Crippen LogP contribution < -0.4 is 0 Å². The van der Waals surface area contributed by atoms with Crippen LogP contribution in [-0.4, -0.2) is 64.6 Å². The minimum atomic E-state index is -0.861. The van der Waals surface area contributed by atoms with Gasteiger partial charge in [-0.2, -0.15) is 11.8 Å². The highest BCUT2D eigenvalue weighted by molar-refractivity contribution is 7.99. The number of aliphatic carboxylic acids is 1. The van der Waals surface area contributed by atoms with Crippen molar-refractivity contribution < 1.29 is 14.7 Å². The lowest BCUT2D eigenvalue weighted by Gasteiger charge is -2.31.